The fourth-order valence-electron chi connectivity index (χ4n) is 4.16. The molecule has 0 aromatic carbocycles. The van der Waals surface area contributed by atoms with Crippen LogP contribution < -0.4 is 5.56 Å². The molecule has 0 atom stereocenters. The minimum absolute atomic E-state index is 0.0320. The molecule has 158 valence electrons. The Morgan fingerprint density at radius 2 is 2.10 bits per heavy atom. The predicted molar refractivity (Wildman–Crippen MR) is 104 cm³/mol. The van der Waals surface area contributed by atoms with Crippen LogP contribution >= 0.6 is 0 Å². The number of H-pyrrole nitrogens is 1. The number of aromatic amines is 1. The zero-order chi connectivity index (χ0) is 21.2. The Balaban J connectivity index is 1.35. The van der Waals surface area contributed by atoms with Crippen molar-refractivity contribution in [3.8, 4) is 5.95 Å². The van der Waals surface area contributed by atoms with Crippen molar-refractivity contribution in [2.45, 2.75) is 25.3 Å². The summed E-state index contributed by atoms with van der Waals surface area (Å²) in [7, 11) is 1.79. The molecule has 2 aliphatic heterocycles. The summed E-state index contributed by atoms with van der Waals surface area (Å²) in [6.45, 7) is 2.69. The van der Waals surface area contributed by atoms with Crippen molar-refractivity contribution in [2.75, 3.05) is 26.2 Å². The van der Waals surface area contributed by atoms with Gasteiger partial charge in [-0.25, -0.2) is 13.5 Å². The standard InChI is InChI=1S/C19H21F2N7O2/c1-11-14(17(30)27-8-12(9-27)26-6-4-19(20,21)10-26)7-22-28(11)18-23-15-13(16(29)24-18)3-5-25(15)2/h3,5,7,12H,4,6,8-10H2,1-2H3,(H,23,24,29). The Kier molecular flexibility index (Phi) is 4.07. The summed E-state index contributed by atoms with van der Waals surface area (Å²) in [6, 6.07) is 1.65. The van der Waals surface area contributed by atoms with Crippen LogP contribution in [0.5, 0.6) is 0 Å². The summed E-state index contributed by atoms with van der Waals surface area (Å²) in [5, 5.41) is 4.72. The number of hydrogen-bond donors (Lipinski definition) is 1. The van der Waals surface area contributed by atoms with Crippen LogP contribution in [0.1, 0.15) is 22.5 Å². The molecule has 0 aliphatic carbocycles. The van der Waals surface area contributed by atoms with Gasteiger partial charge in [0.05, 0.1) is 29.4 Å². The Labute approximate surface area is 169 Å². The number of nitrogens with zero attached hydrogens (tertiary/aromatic N) is 6. The van der Waals surface area contributed by atoms with E-state index in [9.17, 15) is 18.4 Å². The molecule has 1 N–H and O–H groups in total. The summed E-state index contributed by atoms with van der Waals surface area (Å²) in [5.41, 5.74) is 1.18. The fraction of sp³-hybridized carbons (Fsp3) is 0.474. The molecule has 2 aliphatic rings. The average Bonchev–Trinajstić information content (AvgIpc) is 3.31. The maximum Gasteiger partial charge on any atom is 0.261 e. The van der Waals surface area contributed by atoms with Crippen molar-refractivity contribution >= 4 is 16.9 Å². The van der Waals surface area contributed by atoms with Gasteiger partial charge in [-0.2, -0.15) is 10.1 Å². The Bertz CT molecular complexity index is 1210. The van der Waals surface area contributed by atoms with Crippen LogP contribution in [0.4, 0.5) is 8.78 Å². The average molecular weight is 417 g/mol. The molecule has 1 amide bonds. The highest BCUT2D eigenvalue weighted by Gasteiger charge is 2.45. The van der Waals surface area contributed by atoms with Crippen molar-refractivity contribution in [1.29, 1.82) is 0 Å². The van der Waals surface area contributed by atoms with Gasteiger partial charge in [-0.1, -0.05) is 0 Å². The van der Waals surface area contributed by atoms with Gasteiger partial charge < -0.3 is 9.47 Å². The number of nitrogens with one attached hydrogen (secondary N) is 1. The molecule has 0 saturated carbocycles. The number of amides is 1. The number of alkyl halides is 2. The highest BCUT2D eigenvalue weighted by Crippen LogP contribution is 2.31. The van der Waals surface area contributed by atoms with Gasteiger partial charge in [0, 0.05) is 45.3 Å². The first-order valence-electron chi connectivity index (χ1n) is 9.75. The molecular formula is C19H21F2N7O2. The molecule has 3 aromatic heterocycles. The fourth-order valence-corrected chi connectivity index (χ4v) is 4.16. The van der Waals surface area contributed by atoms with Crippen molar-refractivity contribution in [1.82, 2.24) is 34.1 Å². The van der Waals surface area contributed by atoms with Crippen LogP contribution in [-0.2, 0) is 7.05 Å². The molecule has 30 heavy (non-hydrogen) atoms. The third-order valence-electron chi connectivity index (χ3n) is 6.03. The van der Waals surface area contributed by atoms with E-state index in [4.69, 9.17) is 0 Å². The van der Waals surface area contributed by atoms with E-state index in [1.165, 1.54) is 10.9 Å². The molecule has 0 spiro atoms. The minimum atomic E-state index is -2.63. The molecule has 0 radical (unpaired) electrons. The van der Waals surface area contributed by atoms with Gasteiger partial charge in [0.25, 0.3) is 17.4 Å². The molecule has 0 unspecified atom stereocenters. The summed E-state index contributed by atoms with van der Waals surface area (Å²) < 4.78 is 30.0. The molecule has 9 nitrogen and oxygen atoms in total. The summed E-state index contributed by atoms with van der Waals surface area (Å²) in [5.74, 6) is -2.61. The van der Waals surface area contributed by atoms with Crippen molar-refractivity contribution in [2.24, 2.45) is 7.05 Å². The number of aryl methyl sites for hydroxylation is 1. The lowest BCUT2D eigenvalue weighted by atomic mass is 10.1. The minimum Gasteiger partial charge on any atom is -0.335 e. The first-order chi connectivity index (χ1) is 14.2. The molecule has 5 heterocycles. The molecule has 3 aromatic rings. The van der Waals surface area contributed by atoms with Crippen LogP contribution in [0.3, 0.4) is 0 Å². The van der Waals surface area contributed by atoms with E-state index in [2.05, 4.69) is 15.1 Å². The monoisotopic (exact) mass is 417 g/mol. The lowest BCUT2D eigenvalue weighted by molar-refractivity contribution is -0.00874. The number of carbonyl (C=O) groups is 1. The number of fused-ring (bicyclic) bond motifs is 1. The maximum absolute atomic E-state index is 13.4. The van der Waals surface area contributed by atoms with Gasteiger partial charge in [0.2, 0.25) is 5.95 Å². The zero-order valence-corrected chi connectivity index (χ0v) is 16.6. The van der Waals surface area contributed by atoms with E-state index in [0.29, 0.717) is 41.9 Å². The quantitative estimate of drug-likeness (QED) is 0.684. The number of carbonyl (C=O) groups excluding carboxylic acids is 1. The zero-order valence-electron chi connectivity index (χ0n) is 16.6. The van der Waals surface area contributed by atoms with Crippen LogP contribution in [-0.4, -0.2) is 78.2 Å². The van der Waals surface area contributed by atoms with Crippen molar-refractivity contribution in [3.05, 3.63) is 40.1 Å². The number of aromatic nitrogens is 5. The van der Waals surface area contributed by atoms with E-state index < -0.39 is 5.92 Å². The van der Waals surface area contributed by atoms with Crippen LogP contribution in [0.2, 0.25) is 0 Å². The normalized spacial score (nSPS) is 19.5. The van der Waals surface area contributed by atoms with Gasteiger partial charge >= 0.3 is 0 Å². The third-order valence-corrected chi connectivity index (χ3v) is 6.03. The van der Waals surface area contributed by atoms with Gasteiger partial charge in [-0.05, 0) is 13.0 Å². The summed E-state index contributed by atoms with van der Waals surface area (Å²) >= 11 is 0. The first-order valence-corrected chi connectivity index (χ1v) is 9.75. The molecule has 5 rings (SSSR count). The van der Waals surface area contributed by atoms with Gasteiger partial charge in [0.15, 0.2) is 0 Å². The SMILES string of the molecule is Cc1c(C(=O)N2CC(N3CCC(F)(F)C3)C2)cnn1-c1nc2c(ccn2C)c(=O)[nH]1. The van der Waals surface area contributed by atoms with E-state index >= 15 is 0 Å². The highest BCUT2D eigenvalue weighted by molar-refractivity contribution is 5.95. The second-order valence-electron chi connectivity index (χ2n) is 8.05. The van der Waals surface area contributed by atoms with Crippen LogP contribution in [0.15, 0.2) is 23.3 Å². The van der Waals surface area contributed by atoms with Crippen molar-refractivity contribution < 1.29 is 13.6 Å². The van der Waals surface area contributed by atoms with Gasteiger partial charge in [0.1, 0.15) is 5.65 Å². The Hall–Kier alpha value is -3.08. The summed E-state index contributed by atoms with van der Waals surface area (Å²) in [6.07, 6.45) is 3.07. The van der Waals surface area contributed by atoms with E-state index in [1.54, 1.807) is 40.6 Å². The van der Waals surface area contributed by atoms with E-state index in [1.807, 2.05) is 0 Å². The van der Waals surface area contributed by atoms with Crippen molar-refractivity contribution in [3.63, 3.8) is 0 Å². The largest absolute Gasteiger partial charge is 0.335 e. The lowest BCUT2D eigenvalue weighted by Crippen LogP contribution is -2.60. The second-order valence-corrected chi connectivity index (χ2v) is 8.05. The van der Waals surface area contributed by atoms with E-state index in [-0.39, 0.29) is 36.4 Å². The number of hydrogen-bond acceptors (Lipinski definition) is 5. The predicted octanol–water partition coefficient (Wildman–Crippen LogP) is 0.921. The Morgan fingerprint density at radius 3 is 2.80 bits per heavy atom. The van der Waals surface area contributed by atoms with Crippen LogP contribution in [0, 0.1) is 6.92 Å². The first kappa shape index (κ1) is 18.9. The second kappa shape index (κ2) is 6.46. The third kappa shape index (κ3) is 2.92. The molecule has 0 bridgehead atoms. The number of rotatable bonds is 3. The number of likely N-dealkylation sites (tertiary alicyclic amines) is 2. The topological polar surface area (TPSA) is 92.1 Å². The van der Waals surface area contributed by atoms with E-state index in [0.717, 1.165) is 0 Å². The summed E-state index contributed by atoms with van der Waals surface area (Å²) in [4.78, 5) is 35.8. The van der Waals surface area contributed by atoms with Gasteiger partial charge in [-0.3, -0.25) is 19.5 Å². The smallest absolute Gasteiger partial charge is 0.261 e. The molecule has 2 fully saturated rings. The lowest BCUT2D eigenvalue weighted by Gasteiger charge is -2.43. The molecule has 2 saturated heterocycles. The van der Waals surface area contributed by atoms with Gasteiger partial charge in [-0.15, -0.1) is 0 Å². The Morgan fingerprint density at radius 1 is 1.33 bits per heavy atom. The highest BCUT2D eigenvalue weighted by atomic mass is 19.3. The number of halogens is 2. The van der Waals surface area contributed by atoms with Crippen LogP contribution in [0.25, 0.3) is 17.0 Å². The maximum atomic E-state index is 13.4. The molecule has 11 heteroatoms. The molecular weight excluding hydrogens is 396 g/mol.